The second-order valence-corrected chi connectivity index (χ2v) is 6.51. The Kier molecular flexibility index (Phi) is 3.00. The number of Topliss-reactive ketones (excluding diaryl/α,β-unsaturated/α-hetero) is 1. The topological polar surface area (TPSA) is 36.0 Å². The monoisotopic (exact) mass is 289 g/mol. The van der Waals surface area contributed by atoms with Gasteiger partial charge in [-0.25, -0.2) is 14.7 Å². The van der Waals surface area contributed by atoms with Crippen molar-refractivity contribution in [3.05, 3.63) is 29.8 Å². The van der Waals surface area contributed by atoms with E-state index in [0.29, 0.717) is 6.54 Å². The summed E-state index contributed by atoms with van der Waals surface area (Å²) >= 11 is 0. The van der Waals surface area contributed by atoms with E-state index in [9.17, 15) is 4.79 Å². The fraction of sp³-hybridized carbons (Fsp3) is 0.533. The first-order valence-corrected chi connectivity index (χ1v) is 7.35. The van der Waals surface area contributed by atoms with Gasteiger partial charge in [-0.05, 0) is 24.3 Å². The lowest BCUT2D eigenvalue weighted by Crippen LogP contribution is -2.79. The van der Waals surface area contributed by atoms with Crippen LogP contribution < -0.4 is 4.74 Å². The van der Waals surface area contributed by atoms with E-state index >= 15 is 0 Å². The molecule has 4 heterocycles. The third kappa shape index (κ3) is 2.34. The molecule has 0 radical (unpaired) electrons. The number of carbonyl (C=O) groups is 1. The van der Waals surface area contributed by atoms with Crippen molar-refractivity contribution in [1.29, 1.82) is 0 Å². The Bertz CT molecular complexity index is 522. The highest BCUT2D eigenvalue weighted by Crippen LogP contribution is 2.29. The molecule has 0 N–H and O–H groups in total. The Labute approximate surface area is 124 Å². The molecule has 4 aliphatic rings. The molecule has 112 valence electrons. The van der Waals surface area contributed by atoms with Gasteiger partial charge in [-0.3, -0.25) is 9.28 Å². The van der Waals surface area contributed by atoms with Crippen LogP contribution >= 0.6 is 0 Å². The van der Waals surface area contributed by atoms with Crippen molar-refractivity contribution in [3.63, 3.8) is 0 Å². The summed E-state index contributed by atoms with van der Waals surface area (Å²) in [5, 5.41) is 0. The first-order valence-electron chi connectivity index (χ1n) is 7.35. The van der Waals surface area contributed by atoms with Crippen LogP contribution in [0.5, 0.6) is 5.75 Å². The van der Waals surface area contributed by atoms with Crippen LogP contribution in [-0.4, -0.2) is 78.6 Å². The van der Waals surface area contributed by atoms with Crippen molar-refractivity contribution in [2.75, 3.05) is 53.7 Å². The van der Waals surface area contributed by atoms with E-state index in [4.69, 9.17) is 4.74 Å². The molecule has 0 aliphatic carbocycles. The largest absolute Gasteiger partial charge is 0.497 e. The molecule has 5 rings (SSSR count). The number of methoxy groups -OCH3 is 1. The third-order valence-corrected chi connectivity index (χ3v) is 4.59. The molecule has 1 aromatic carbocycles. The number of ketones is 1. The molecule has 0 spiro atoms. The van der Waals surface area contributed by atoms with Crippen LogP contribution in [0, 0.1) is 0 Å². The SMILES string of the molecule is COc1ccc(C(=O)C[N+]23CN4CN(CN(C4)C2)C3)cc1. The van der Waals surface area contributed by atoms with Crippen LogP contribution in [0.25, 0.3) is 0 Å². The van der Waals surface area contributed by atoms with Gasteiger partial charge in [-0.1, -0.05) is 0 Å². The first-order chi connectivity index (χ1) is 10.2. The quantitative estimate of drug-likeness (QED) is 0.592. The Morgan fingerprint density at radius 2 is 1.57 bits per heavy atom. The molecule has 1 aromatic rings. The minimum Gasteiger partial charge on any atom is -0.497 e. The molecule has 4 saturated heterocycles. The van der Waals surface area contributed by atoms with Crippen molar-refractivity contribution in [1.82, 2.24) is 14.7 Å². The molecule has 21 heavy (non-hydrogen) atoms. The number of benzene rings is 1. The van der Waals surface area contributed by atoms with Crippen molar-refractivity contribution in [2.45, 2.75) is 0 Å². The number of nitrogens with zero attached hydrogens (tertiary/aromatic N) is 4. The van der Waals surface area contributed by atoms with Gasteiger partial charge in [0.1, 0.15) is 32.3 Å². The summed E-state index contributed by atoms with van der Waals surface area (Å²) in [6.07, 6.45) is 0. The molecule has 0 aromatic heterocycles. The van der Waals surface area contributed by atoms with Gasteiger partial charge < -0.3 is 4.74 Å². The highest BCUT2D eigenvalue weighted by molar-refractivity contribution is 5.97. The fourth-order valence-corrected chi connectivity index (χ4v) is 3.98. The summed E-state index contributed by atoms with van der Waals surface area (Å²) in [7, 11) is 1.64. The molecular weight excluding hydrogens is 268 g/mol. The molecule has 0 unspecified atom stereocenters. The second-order valence-electron chi connectivity index (χ2n) is 6.51. The molecular formula is C15H21N4O2+. The number of rotatable bonds is 4. The lowest BCUT2D eigenvalue weighted by atomic mass is 10.1. The van der Waals surface area contributed by atoms with Gasteiger partial charge in [0.2, 0.25) is 5.78 Å². The molecule has 0 atom stereocenters. The molecule has 4 fully saturated rings. The van der Waals surface area contributed by atoms with E-state index in [-0.39, 0.29) is 5.78 Å². The average molecular weight is 289 g/mol. The van der Waals surface area contributed by atoms with Gasteiger partial charge in [0.25, 0.3) is 0 Å². The standard InChI is InChI=1S/C15H21N4O2/c1-21-14-4-2-13(3-5-14)15(20)6-19-10-16-7-17(11-19)9-18(8-16)12-19/h2-5H,6-12H2,1H3/q+1. The Hall–Kier alpha value is -1.47. The van der Waals surface area contributed by atoms with Crippen molar-refractivity contribution >= 4 is 5.78 Å². The van der Waals surface area contributed by atoms with Gasteiger partial charge in [-0.2, -0.15) is 0 Å². The van der Waals surface area contributed by atoms with Crippen LogP contribution in [0.4, 0.5) is 0 Å². The number of quaternary nitrogens is 1. The minimum absolute atomic E-state index is 0.225. The maximum absolute atomic E-state index is 12.6. The van der Waals surface area contributed by atoms with E-state index in [1.54, 1.807) is 7.11 Å². The smallest absolute Gasteiger partial charge is 0.217 e. The van der Waals surface area contributed by atoms with Gasteiger partial charge in [-0.15, -0.1) is 0 Å². The van der Waals surface area contributed by atoms with E-state index in [1.165, 1.54) is 0 Å². The molecule has 6 heteroatoms. The molecule has 0 saturated carbocycles. The van der Waals surface area contributed by atoms with Gasteiger partial charge >= 0.3 is 0 Å². The van der Waals surface area contributed by atoms with Crippen molar-refractivity contribution < 1.29 is 14.0 Å². The van der Waals surface area contributed by atoms with Gasteiger partial charge in [0, 0.05) is 5.56 Å². The molecule has 0 amide bonds. The molecule has 6 nitrogen and oxygen atoms in total. The highest BCUT2D eigenvalue weighted by atomic mass is 16.5. The summed E-state index contributed by atoms with van der Waals surface area (Å²) in [5.41, 5.74) is 0.782. The summed E-state index contributed by atoms with van der Waals surface area (Å²) in [6, 6.07) is 7.45. The summed E-state index contributed by atoms with van der Waals surface area (Å²) in [4.78, 5) is 19.9. The zero-order valence-corrected chi connectivity index (χ0v) is 12.4. The van der Waals surface area contributed by atoms with E-state index in [0.717, 1.165) is 55.8 Å². The van der Waals surface area contributed by atoms with Crippen molar-refractivity contribution in [3.8, 4) is 5.75 Å². The molecule has 4 aliphatic heterocycles. The number of ether oxygens (including phenoxy) is 1. The normalized spacial score (nSPS) is 36.7. The minimum atomic E-state index is 0.225. The second kappa shape index (κ2) is 4.78. The zero-order valence-electron chi connectivity index (χ0n) is 12.4. The van der Waals surface area contributed by atoms with Crippen LogP contribution in [0.1, 0.15) is 10.4 Å². The van der Waals surface area contributed by atoms with Crippen LogP contribution in [0.2, 0.25) is 0 Å². The Morgan fingerprint density at radius 3 is 2.05 bits per heavy atom. The predicted molar refractivity (Wildman–Crippen MR) is 77.2 cm³/mol. The number of hydrogen-bond donors (Lipinski definition) is 0. The predicted octanol–water partition coefficient (Wildman–Crippen LogP) is 0.387. The number of carbonyl (C=O) groups excluding carboxylic acids is 1. The highest BCUT2D eigenvalue weighted by Gasteiger charge is 2.49. The summed E-state index contributed by atoms with van der Waals surface area (Å²) in [6.45, 7) is 6.71. The molecule has 4 bridgehead atoms. The van der Waals surface area contributed by atoms with Gasteiger partial charge in [0.15, 0.2) is 0 Å². The maximum atomic E-state index is 12.6. The van der Waals surface area contributed by atoms with E-state index < -0.39 is 0 Å². The summed E-state index contributed by atoms with van der Waals surface area (Å²) in [5.74, 6) is 1.02. The van der Waals surface area contributed by atoms with Crippen LogP contribution in [-0.2, 0) is 0 Å². The third-order valence-electron chi connectivity index (χ3n) is 4.59. The average Bonchev–Trinajstić information content (AvgIpc) is 2.45. The Balaban J connectivity index is 1.51. The first kappa shape index (κ1) is 13.2. The van der Waals surface area contributed by atoms with Crippen molar-refractivity contribution in [2.24, 2.45) is 0 Å². The summed E-state index contributed by atoms with van der Waals surface area (Å²) < 4.78 is 6.00. The Morgan fingerprint density at radius 1 is 1.05 bits per heavy atom. The van der Waals surface area contributed by atoms with E-state index in [2.05, 4.69) is 14.7 Å². The van der Waals surface area contributed by atoms with Crippen LogP contribution in [0.15, 0.2) is 24.3 Å². The van der Waals surface area contributed by atoms with Gasteiger partial charge in [0.05, 0.1) is 27.1 Å². The zero-order chi connectivity index (χ0) is 14.4. The maximum Gasteiger partial charge on any atom is 0.217 e. The lowest BCUT2D eigenvalue weighted by molar-refractivity contribution is -0.973. The fourth-order valence-electron chi connectivity index (χ4n) is 3.98. The van der Waals surface area contributed by atoms with Crippen LogP contribution in [0.3, 0.4) is 0 Å². The lowest BCUT2D eigenvalue weighted by Gasteiger charge is -2.60. The van der Waals surface area contributed by atoms with E-state index in [1.807, 2.05) is 24.3 Å². The number of hydrogen-bond acceptors (Lipinski definition) is 5.